The molecular weight excluding hydrogens is 196 g/mol. The van der Waals surface area contributed by atoms with Gasteiger partial charge in [0.25, 0.3) is 0 Å². The maximum Gasteiger partial charge on any atom is 0.155 e. The smallest absolute Gasteiger partial charge is 0.155 e. The van der Waals surface area contributed by atoms with Crippen LogP contribution in [0.1, 0.15) is 59.3 Å². The first kappa shape index (κ1) is 13.2. The van der Waals surface area contributed by atoms with Crippen molar-refractivity contribution in [2.24, 2.45) is 5.41 Å². The van der Waals surface area contributed by atoms with E-state index in [9.17, 15) is 4.79 Å². The Morgan fingerprint density at radius 3 is 2.75 bits per heavy atom. The van der Waals surface area contributed by atoms with Crippen LogP contribution in [0.4, 0.5) is 0 Å². The minimum Gasteiger partial charge on any atom is -0.295 e. The number of hydrogen-bond donors (Lipinski definition) is 0. The third kappa shape index (κ3) is 3.33. The van der Waals surface area contributed by atoms with Gasteiger partial charge in [0.1, 0.15) is 0 Å². The lowest BCUT2D eigenvalue weighted by Gasteiger charge is -2.34. The first-order valence-electron chi connectivity index (χ1n) is 6.32. The number of allylic oxidation sites excluding steroid dienone is 3. The minimum atomic E-state index is 0.173. The summed E-state index contributed by atoms with van der Waals surface area (Å²) in [6.07, 6.45) is 7.99. The summed E-state index contributed by atoms with van der Waals surface area (Å²) < 4.78 is 0. The van der Waals surface area contributed by atoms with E-state index in [4.69, 9.17) is 0 Å². The van der Waals surface area contributed by atoms with E-state index in [-0.39, 0.29) is 5.78 Å². The fourth-order valence-corrected chi connectivity index (χ4v) is 2.77. The van der Waals surface area contributed by atoms with E-state index >= 15 is 0 Å². The van der Waals surface area contributed by atoms with Crippen LogP contribution >= 0.6 is 0 Å². The van der Waals surface area contributed by atoms with Gasteiger partial charge < -0.3 is 0 Å². The molecule has 0 N–H and O–H groups in total. The molecule has 0 aromatic carbocycles. The zero-order chi connectivity index (χ0) is 12.2. The molecule has 0 atom stereocenters. The molecule has 0 heterocycles. The van der Waals surface area contributed by atoms with Crippen LogP contribution in [0.25, 0.3) is 0 Å². The second kappa shape index (κ2) is 5.47. The molecule has 0 fully saturated rings. The van der Waals surface area contributed by atoms with E-state index in [0.29, 0.717) is 11.8 Å². The predicted octanol–water partition coefficient (Wildman–Crippen LogP) is 4.44. The summed E-state index contributed by atoms with van der Waals surface area (Å²) in [7, 11) is 0. The molecule has 1 rings (SSSR count). The summed E-state index contributed by atoms with van der Waals surface area (Å²) in [5, 5.41) is 0. The summed E-state index contributed by atoms with van der Waals surface area (Å²) in [6.45, 7) is 10.4. The Morgan fingerprint density at radius 1 is 1.50 bits per heavy atom. The average molecular weight is 220 g/mol. The maximum atomic E-state index is 11.2. The zero-order valence-corrected chi connectivity index (χ0v) is 10.9. The molecule has 0 bridgehead atoms. The van der Waals surface area contributed by atoms with E-state index in [1.807, 2.05) is 0 Å². The van der Waals surface area contributed by atoms with Crippen molar-refractivity contribution >= 4 is 5.78 Å². The molecule has 1 nitrogen and oxygen atoms in total. The Kier molecular flexibility index (Phi) is 4.52. The van der Waals surface area contributed by atoms with Crippen molar-refractivity contribution in [3.05, 3.63) is 23.8 Å². The molecule has 0 aromatic heterocycles. The maximum absolute atomic E-state index is 11.2. The third-order valence-electron chi connectivity index (χ3n) is 3.76. The van der Waals surface area contributed by atoms with Crippen LogP contribution in [0.5, 0.6) is 0 Å². The molecule has 0 unspecified atom stereocenters. The fourth-order valence-electron chi connectivity index (χ4n) is 2.77. The van der Waals surface area contributed by atoms with Crippen molar-refractivity contribution in [2.45, 2.75) is 59.3 Å². The molecule has 16 heavy (non-hydrogen) atoms. The number of hydrogen-bond acceptors (Lipinski definition) is 1. The number of rotatable bonds is 5. The first-order chi connectivity index (χ1) is 7.47. The lowest BCUT2D eigenvalue weighted by Crippen LogP contribution is -2.20. The molecule has 0 radical (unpaired) electrons. The standard InChI is InChI=1S/C15H24O/c1-5-13(16)9-6-10-14-12(2)8-7-11-15(14,3)4/h5H,1,6-11H2,2-4H3. The van der Waals surface area contributed by atoms with Crippen molar-refractivity contribution in [1.82, 2.24) is 0 Å². The van der Waals surface area contributed by atoms with Crippen LogP contribution in [0.3, 0.4) is 0 Å². The lowest BCUT2D eigenvalue weighted by atomic mass is 9.71. The highest BCUT2D eigenvalue weighted by Crippen LogP contribution is 2.42. The van der Waals surface area contributed by atoms with Gasteiger partial charge in [0, 0.05) is 6.42 Å². The van der Waals surface area contributed by atoms with Crippen molar-refractivity contribution in [3.63, 3.8) is 0 Å². The van der Waals surface area contributed by atoms with Crippen molar-refractivity contribution in [1.29, 1.82) is 0 Å². The minimum absolute atomic E-state index is 0.173. The Morgan fingerprint density at radius 2 is 2.19 bits per heavy atom. The van der Waals surface area contributed by atoms with Gasteiger partial charge in [0.05, 0.1) is 0 Å². The molecule has 1 aliphatic rings. The Bertz CT molecular complexity index is 307. The van der Waals surface area contributed by atoms with Gasteiger partial charge in [0.2, 0.25) is 0 Å². The van der Waals surface area contributed by atoms with Crippen LogP contribution in [0.2, 0.25) is 0 Å². The topological polar surface area (TPSA) is 17.1 Å². The normalized spacial score (nSPS) is 19.7. The van der Waals surface area contributed by atoms with Gasteiger partial charge in [-0.25, -0.2) is 0 Å². The summed E-state index contributed by atoms with van der Waals surface area (Å²) in [6, 6.07) is 0. The molecule has 0 aromatic rings. The highest BCUT2D eigenvalue weighted by molar-refractivity contribution is 5.88. The van der Waals surface area contributed by atoms with Crippen LogP contribution in [0.15, 0.2) is 23.8 Å². The van der Waals surface area contributed by atoms with E-state index in [1.54, 1.807) is 11.1 Å². The number of carbonyl (C=O) groups excluding carboxylic acids is 1. The quantitative estimate of drug-likeness (QED) is 0.494. The Hall–Kier alpha value is -0.850. The molecule has 90 valence electrons. The lowest BCUT2D eigenvalue weighted by molar-refractivity contribution is -0.114. The van der Waals surface area contributed by atoms with E-state index in [1.165, 1.54) is 25.3 Å². The second-order valence-electron chi connectivity index (χ2n) is 5.52. The van der Waals surface area contributed by atoms with Gasteiger partial charge in [-0.1, -0.05) is 31.6 Å². The largest absolute Gasteiger partial charge is 0.295 e. The highest BCUT2D eigenvalue weighted by Gasteiger charge is 2.27. The first-order valence-corrected chi connectivity index (χ1v) is 6.32. The Labute approximate surface area is 99.6 Å². The fraction of sp³-hybridized carbons (Fsp3) is 0.667. The van der Waals surface area contributed by atoms with Gasteiger partial charge in [-0.05, 0) is 50.5 Å². The molecule has 0 spiro atoms. The summed E-state index contributed by atoms with van der Waals surface area (Å²) in [4.78, 5) is 11.2. The molecule has 0 aliphatic heterocycles. The van der Waals surface area contributed by atoms with Gasteiger partial charge >= 0.3 is 0 Å². The summed E-state index contributed by atoms with van der Waals surface area (Å²) in [5.74, 6) is 0.173. The monoisotopic (exact) mass is 220 g/mol. The Balaban J connectivity index is 2.57. The SMILES string of the molecule is C=CC(=O)CCCC1=C(C)CCCC1(C)C. The molecule has 0 saturated heterocycles. The second-order valence-corrected chi connectivity index (χ2v) is 5.52. The molecule has 0 amide bonds. The highest BCUT2D eigenvalue weighted by atomic mass is 16.1. The third-order valence-corrected chi connectivity index (χ3v) is 3.76. The van der Waals surface area contributed by atoms with E-state index < -0.39 is 0 Å². The average Bonchev–Trinajstić information content (AvgIpc) is 2.21. The number of carbonyl (C=O) groups is 1. The summed E-state index contributed by atoms with van der Waals surface area (Å²) >= 11 is 0. The van der Waals surface area contributed by atoms with Crippen LogP contribution in [-0.2, 0) is 4.79 Å². The van der Waals surface area contributed by atoms with Gasteiger partial charge in [-0.3, -0.25) is 4.79 Å². The molecule has 1 aliphatic carbocycles. The van der Waals surface area contributed by atoms with Crippen molar-refractivity contribution in [3.8, 4) is 0 Å². The van der Waals surface area contributed by atoms with Crippen LogP contribution in [-0.4, -0.2) is 5.78 Å². The molecule has 0 saturated carbocycles. The van der Waals surface area contributed by atoms with Gasteiger partial charge in [0.15, 0.2) is 5.78 Å². The zero-order valence-electron chi connectivity index (χ0n) is 10.9. The van der Waals surface area contributed by atoms with Crippen LogP contribution < -0.4 is 0 Å². The van der Waals surface area contributed by atoms with E-state index in [0.717, 1.165) is 12.8 Å². The van der Waals surface area contributed by atoms with E-state index in [2.05, 4.69) is 27.4 Å². The summed E-state index contributed by atoms with van der Waals surface area (Å²) in [5.41, 5.74) is 3.50. The predicted molar refractivity (Wildman–Crippen MR) is 69.4 cm³/mol. The molecular formula is C15H24O. The van der Waals surface area contributed by atoms with Crippen molar-refractivity contribution < 1.29 is 4.79 Å². The number of ketones is 1. The van der Waals surface area contributed by atoms with Gasteiger partial charge in [-0.15, -0.1) is 0 Å². The molecule has 1 heteroatoms. The van der Waals surface area contributed by atoms with Crippen molar-refractivity contribution in [2.75, 3.05) is 0 Å². The van der Waals surface area contributed by atoms with Gasteiger partial charge in [-0.2, -0.15) is 0 Å². The van der Waals surface area contributed by atoms with Crippen LogP contribution in [0, 0.1) is 5.41 Å².